The minimum absolute atomic E-state index is 0.0747. The molecular formula is C17H22ClNO. The van der Waals surface area contributed by atoms with E-state index in [0.29, 0.717) is 0 Å². The molecule has 2 N–H and O–H groups in total. The van der Waals surface area contributed by atoms with Crippen LogP contribution in [0.4, 0.5) is 0 Å². The third kappa shape index (κ3) is 4.26. The largest absolute Gasteiger partial charge is 0.497 e. The molecule has 0 bridgehead atoms. The number of methoxy groups -OCH3 is 1. The fraction of sp³-hybridized carbons (Fsp3) is 0.294. The van der Waals surface area contributed by atoms with Gasteiger partial charge in [0, 0.05) is 11.1 Å². The molecule has 0 aliphatic rings. The lowest BCUT2D eigenvalue weighted by Gasteiger charge is -2.16. The van der Waals surface area contributed by atoms with E-state index in [1.165, 1.54) is 0 Å². The Morgan fingerprint density at radius 3 is 2.65 bits per heavy atom. The maximum Gasteiger partial charge on any atom is 0.119 e. The molecule has 1 atom stereocenters. The van der Waals surface area contributed by atoms with Crippen molar-refractivity contribution >= 4 is 17.7 Å². The van der Waals surface area contributed by atoms with E-state index in [-0.39, 0.29) is 6.04 Å². The zero-order chi connectivity index (χ0) is 15.1. The van der Waals surface area contributed by atoms with Crippen molar-refractivity contribution in [3.05, 3.63) is 64.9 Å². The number of halogens is 1. The molecule has 0 radical (unpaired) electrons. The second kappa shape index (κ2) is 7.93. The van der Waals surface area contributed by atoms with Crippen LogP contribution < -0.4 is 5.73 Å². The summed E-state index contributed by atoms with van der Waals surface area (Å²) in [6.07, 6.45) is 5.17. The zero-order valence-electron chi connectivity index (χ0n) is 12.2. The molecule has 0 amide bonds. The summed E-state index contributed by atoms with van der Waals surface area (Å²) < 4.78 is 5.33. The van der Waals surface area contributed by atoms with Gasteiger partial charge in [-0.25, -0.2) is 0 Å². The number of hydrogen-bond acceptors (Lipinski definition) is 2. The van der Waals surface area contributed by atoms with Crippen LogP contribution >= 0.6 is 11.6 Å². The summed E-state index contributed by atoms with van der Waals surface area (Å²) in [5, 5.41) is 0.729. The SMILES string of the molecule is C=C/C(OC)=C(/CCc1cc(Cl)ccc1C=C)C(C)N. The number of nitrogens with two attached hydrogens (primary N) is 1. The minimum Gasteiger partial charge on any atom is -0.497 e. The van der Waals surface area contributed by atoms with Gasteiger partial charge in [0.05, 0.1) is 7.11 Å². The lowest BCUT2D eigenvalue weighted by atomic mass is 9.96. The standard InChI is InChI=1S/C17H22ClNO/c1-5-13-7-9-15(18)11-14(13)8-10-16(12(3)19)17(6-2)20-4/h5-7,9,11-12H,1-2,8,10,19H2,3-4H3/b17-16+. The van der Waals surface area contributed by atoms with Crippen LogP contribution in [0.1, 0.15) is 24.5 Å². The first-order chi connectivity index (χ1) is 9.53. The molecule has 1 aromatic carbocycles. The van der Waals surface area contributed by atoms with Crippen LogP contribution in [0, 0.1) is 0 Å². The highest BCUT2D eigenvalue weighted by Gasteiger charge is 2.11. The van der Waals surface area contributed by atoms with E-state index in [4.69, 9.17) is 22.1 Å². The van der Waals surface area contributed by atoms with E-state index >= 15 is 0 Å². The van der Waals surface area contributed by atoms with Gasteiger partial charge in [-0.2, -0.15) is 0 Å². The fourth-order valence-electron chi connectivity index (χ4n) is 2.18. The highest BCUT2D eigenvalue weighted by molar-refractivity contribution is 6.30. The van der Waals surface area contributed by atoms with Crippen molar-refractivity contribution in [3.63, 3.8) is 0 Å². The third-order valence-corrected chi connectivity index (χ3v) is 3.50. The predicted molar refractivity (Wildman–Crippen MR) is 87.7 cm³/mol. The van der Waals surface area contributed by atoms with Crippen LogP contribution in [0.5, 0.6) is 0 Å². The van der Waals surface area contributed by atoms with Gasteiger partial charge in [-0.15, -0.1) is 0 Å². The van der Waals surface area contributed by atoms with E-state index < -0.39 is 0 Å². The monoisotopic (exact) mass is 291 g/mol. The number of ether oxygens (including phenoxy) is 1. The maximum absolute atomic E-state index is 6.06. The summed E-state index contributed by atoms with van der Waals surface area (Å²) >= 11 is 6.06. The quantitative estimate of drug-likeness (QED) is 0.599. The fourth-order valence-corrected chi connectivity index (χ4v) is 2.37. The highest BCUT2D eigenvalue weighted by Crippen LogP contribution is 2.22. The van der Waals surface area contributed by atoms with Gasteiger partial charge >= 0.3 is 0 Å². The molecule has 1 rings (SSSR count). The van der Waals surface area contributed by atoms with Gasteiger partial charge in [-0.1, -0.05) is 36.9 Å². The van der Waals surface area contributed by atoms with Crippen molar-refractivity contribution in [3.8, 4) is 0 Å². The van der Waals surface area contributed by atoms with Crippen LogP contribution in [0.15, 0.2) is 48.8 Å². The van der Waals surface area contributed by atoms with Gasteiger partial charge in [0.2, 0.25) is 0 Å². The summed E-state index contributed by atoms with van der Waals surface area (Å²) in [5.74, 6) is 0.752. The second-order valence-electron chi connectivity index (χ2n) is 4.63. The number of rotatable bonds is 7. The molecule has 1 aromatic rings. The highest BCUT2D eigenvalue weighted by atomic mass is 35.5. The molecule has 0 saturated heterocycles. The Kier molecular flexibility index (Phi) is 6.56. The molecule has 0 heterocycles. The normalized spacial score (nSPS) is 13.4. The molecule has 2 nitrogen and oxygen atoms in total. The summed E-state index contributed by atoms with van der Waals surface area (Å²) in [7, 11) is 1.63. The van der Waals surface area contributed by atoms with Gasteiger partial charge in [0.15, 0.2) is 0 Å². The first-order valence-corrected chi connectivity index (χ1v) is 6.97. The molecule has 0 aliphatic heterocycles. The Morgan fingerprint density at radius 2 is 2.15 bits per heavy atom. The summed E-state index contributed by atoms with van der Waals surface area (Å²) in [6, 6.07) is 5.74. The summed E-state index contributed by atoms with van der Waals surface area (Å²) in [4.78, 5) is 0. The second-order valence-corrected chi connectivity index (χ2v) is 5.07. The van der Waals surface area contributed by atoms with Crippen molar-refractivity contribution in [1.29, 1.82) is 0 Å². The van der Waals surface area contributed by atoms with E-state index in [1.807, 2.05) is 31.2 Å². The summed E-state index contributed by atoms with van der Waals surface area (Å²) in [6.45, 7) is 9.54. The lowest BCUT2D eigenvalue weighted by molar-refractivity contribution is 0.298. The molecule has 0 spiro atoms. The molecule has 0 saturated carbocycles. The van der Waals surface area contributed by atoms with E-state index in [9.17, 15) is 0 Å². The van der Waals surface area contributed by atoms with Crippen LogP contribution in [0.25, 0.3) is 6.08 Å². The molecule has 3 heteroatoms. The van der Waals surface area contributed by atoms with Gasteiger partial charge in [-0.05, 0) is 54.7 Å². The molecule has 20 heavy (non-hydrogen) atoms. The first kappa shape index (κ1) is 16.5. The summed E-state index contributed by atoms with van der Waals surface area (Å²) in [5.41, 5.74) is 9.33. The first-order valence-electron chi connectivity index (χ1n) is 6.59. The Bertz CT molecular complexity index is 518. The van der Waals surface area contributed by atoms with Crippen molar-refractivity contribution in [2.75, 3.05) is 7.11 Å². The van der Waals surface area contributed by atoms with Crippen LogP contribution in [0.3, 0.4) is 0 Å². The Morgan fingerprint density at radius 1 is 1.45 bits per heavy atom. The Balaban J connectivity index is 2.99. The van der Waals surface area contributed by atoms with E-state index in [0.717, 1.165) is 40.3 Å². The number of hydrogen-bond donors (Lipinski definition) is 1. The van der Waals surface area contributed by atoms with Crippen LogP contribution in [-0.4, -0.2) is 13.2 Å². The molecule has 108 valence electrons. The van der Waals surface area contributed by atoms with E-state index in [2.05, 4.69) is 13.2 Å². The topological polar surface area (TPSA) is 35.2 Å². The van der Waals surface area contributed by atoms with Gasteiger partial charge in [0.1, 0.15) is 5.76 Å². The van der Waals surface area contributed by atoms with Crippen LogP contribution in [-0.2, 0) is 11.2 Å². The van der Waals surface area contributed by atoms with Crippen molar-refractivity contribution in [2.45, 2.75) is 25.8 Å². The van der Waals surface area contributed by atoms with Gasteiger partial charge in [-0.3, -0.25) is 0 Å². The molecule has 1 unspecified atom stereocenters. The number of allylic oxidation sites excluding steroid dienone is 1. The molecule has 0 aromatic heterocycles. The van der Waals surface area contributed by atoms with Gasteiger partial charge in [0.25, 0.3) is 0 Å². The molecule has 0 fully saturated rings. The maximum atomic E-state index is 6.06. The molecular weight excluding hydrogens is 270 g/mol. The molecule has 0 aliphatic carbocycles. The van der Waals surface area contributed by atoms with Crippen molar-refractivity contribution in [1.82, 2.24) is 0 Å². The number of aryl methyl sites for hydroxylation is 1. The van der Waals surface area contributed by atoms with Crippen LogP contribution in [0.2, 0.25) is 5.02 Å². The van der Waals surface area contributed by atoms with E-state index in [1.54, 1.807) is 13.2 Å². The Labute approximate surface area is 126 Å². The Hall–Kier alpha value is -1.51. The smallest absolute Gasteiger partial charge is 0.119 e. The predicted octanol–water partition coefficient (Wildman–Crippen LogP) is 4.35. The lowest BCUT2D eigenvalue weighted by Crippen LogP contribution is -2.20. The average Bonchev–Trinajstić information content (AvgIpc) is 2.43. The average molecular weight is 292 g/mol. The number of benzene rings is 1. The van der Waals surface area contributed by atoms with Gasteiger partial charge < -0.3 is 10.5 Å². The van der Waals surface area contributed by atoms with Crippen molar-refractivity contribution in [2.24, 2.45) is 5.73 Å². The van der Waals surface area contributed by atoms with Crippen molar-refractivity contribution < 1.29 is 4.74 Å². The zero-order valence-corrected chi connectivity index (χ0v) is 12.9. The third-order valence-electron chi connectivity index (χ3n) is 3.26. The minimum atomic E-state index is -0.0747.